The number of amides is 1. The molecule has 0 bridgehead atoms. The Morgan fingerprint density at radius 2 is 1.81 bits per heavy atom. The Morgan fingerprint density at radius 1 is 1.11 bits per heavy atom. The van der Waals surface area contributed by atoms with E-state index in [1.165, 1.54) is 36.0 Å². The van der Waals surface area contributed by atoms with Gasteiger partial charge in [0, 0.05) is 11.1 Å². The fourth-order valence-corrected chi connectivity index (χ4v) is 3.97. The second kappa shape index (κ2) is 8.08. The highest BCUT2D eigenvalue weighted by atomic mass is 32.2. The number of benzene rings is 2. The molecule has 0 aliphatic rings. The number of nitrogens with one attached hydrogen (secondary N) is 1. The molecule has 3 aromatic rings. The van der Waals surface area contributed by atoms with Gasteiger partial charge in [-0.1, -0.05) is 43.0 Å². The largest absolute Gasteiger partial charge is 0.325 e. The van der Waals surface area contributed by atoms with E-state index in [4.69, 9.17) is 5.14 Å². The summed E-state index contributed by atoms with van der Waals surface area (Å²) in [5.74, 6) is -0.166. The predicted molar refractivity (Wildman–Crippen MR) is 108 cm³/mol. The second-order valence-electron chi connectivity index (χ2n) is 5.92. The number of thioether (sulfide) groups is 1. The molecule has 2 aromatic carbocycles. The molecule has 0 aliphatic carbocycles. The standard InChI is InChI=1S/C19H19N3O3S2/c1-2-17(26-18-12-7-13-5-3-4-6-16(13)22-18)19(23)21-14-8-10-15(11-9-14)27(20,24)25/h3-12,17H,2H2,1H3,(H,21,23)(H2,20,24,25). The first-order valence-electron chi connectivity index (χ1n) is 8.33. The van der Waals surface area contributed by atoms with Crippen LogP contribution in [-0.4, -0.2) is 24.6 Å². The Balaban J connectivity index is 1.71. The number of aromatic nitrogens is 1. The summed E-state index contributed by atoms with van der Waals surface area (Å²) < 4.78 is 22.6. The molecule has 3 rings (SSSR count). The fraction of sp³-hybridized carbons (Fsp3) is 0.158. The van der Waals surface area contributed by atoms with E-state index >= 15 is 0 Å². The number of para-hydroxylation sites is 1. The van der Waals surface area contributed by atoms with Crippen LogP contribution >= 0.6 is 11.8 Å². The molecule has 1 amide bonds. The van der Waals surface area contributed by atoms with Crippen molar-refractivity contribution >= 4 is 44.3 Å². The van der Waals surface area contributed by atoms with Crippen LogP contribution in [0.3, 0.4) is 0 Å². The number of nitrogens with zero attached hydrogens (tertiary/aromatic N) is 1. The van der Waals surface area contributed by atoms with Gasteiger partial charge >= 0.3 is 0 Å². The maximum atomic E-state index is 12.6. The summed E-state index contributed by atoms with van der Waals surface area (Å²) >= 11 is 1.40. The van der Waals surface area contributed by atoms with Gasteiger partial charge in [-0.2, -0.15) is 0 Å². The van der Waals surface area contributed by atoms with Crippen molar-refractivity contribution in [1.29, 1.82) is 0 Å². The summed E-state index contributed by atoms with van der Waals surface area (Å²) in [5.41, 5.74) is 1.40. The molecule has 6 nitrogen and oxygen atoms in total. The summed E-state index contributed by atoms with van der Waals surface area (Å²) in [6, 6.07) is 17.5. The summed E-state index contributed by atoms with van der Waals surface area (Å²) in [6.45, 7) is 1.93. The molecule has 8 heteroatoms. The van der Waals surface area contributed by atoms with Crippen molar-refractivity contribution in [1.82, 2.24) is 4.98 Å². The van der Waals surface area contributed by atoms with Crippen molar-refractivity contribution in [3.05, 3.63) is 60.7 Å². The van der Waals surface area contributed by atoms with E-state index in [0.717, 1.165) is 15.9 Å². The van der Waals surface area contributed by atoms with Crippen LogP contribution in [-0.2, 0) is 14.8 Å². The van der Waals surface area contributed by atoms with Gasteiger partial charge in [-0.05, 0) is 42.8 Å². The Labute approximate surface area is 162 Å². The van der Waals surface area contributed by atoms with Gasteiger partial charge < -0.3 is 5.32 Å². The van der Waals surface area contributed by atoms with Crippen molar-refractivity contribution in [3.8, 4) is 0 Å². The first kappa shape index (κ1) is 19.3. The molecular weight excluding hydrogens is 382 g/mol. The van der Waals surface area contributed by atoms with Crippen LogP contribution < -0.4 is 10.5 Å². The molecule has 3 N–H and O–H groups in total. The third kappa shape index (κ3) is 4.85. The van der Waals surface area contributed by atoms with Crippen molar-refractivity contribution < 1.29 is 13.2 Å². The monoisotopic (exact) mass is 401 g/mol. The third-order valence-corrected chi connectivity index (χ3v) is 6.18. The van der Waals surface area contributed by atoms with Crippen LogP contribution in [0.2, 0.25) is 0 Å². The van der Waals surface area contributed by atoms with Crippen LogP contribution in [0, 0.1) is 0 Å². The molecule has 140 valence electrons. The number of sulfonamides is 1. The average Bonchev–Trinajstić information content (AvgIpc) is 2.65. The van der Waals surface area contributed by atoms with Crippen molar-refractivity contribution in [2.24, 2.45) is 5.14 Å². The summed E-state index contributed by atoms with van der Waals surface area (Å²) in [6.07, 6.45) is 0.625. The maximum Gasteiger partial charge on any atom is 0.238 e. The molecular formula is C19H19N3O3S2. The predicted octanol–water partition coefficient (Wildman–Crippen LogP) is 3.39. The van der Waals surface area contributed by atoms with Crippen molar-refractivity contribution in [2.45, 2.75) is 28.5 Å². The lowest BCUT2D eigenvalue weighted by Crippen LogP contribution is -2.24. The molecule has 0 fully saturated rings. The summed E-state index contributed by atoms with van der Waals surface area (Å²) in [4.78, 5) is 17.2. The zero-order valence-electron chi connectivity index (χ0n) is 14.6. The smallest absolute Gasteiger partial charge is 0.238 e. The number of hydrogen-bond donors (Lipinski definition) is 2. The first-order valence-corrected chi connectivity index (χ1v) is 10.8. The van der Waals surface area contributed by atoms with Crippen LogP contribution in [0.5, 0.6) is 0 Å². The fourth-order valence-electron chi connectivity index (χ4n) is 2.53. The van der Waals surface area contributed by atoms with Crippen LogP contribution in [0.1, 0.15) is 13.3 Å². The number of anilines is 1. The van der Waals surface area contributed by atoms with E-state index in [1.807, 2.05) is 43.3 Å². The lowest BCUT2D eigenvalue weighted by Gasteiger charge is -2.14. The highest BCUT2D eigenvalue weighted by Crippen LogP contribution is 2.27. The van der Waals surface area contributed by atoms with Crippen molar-refractivity contribution in [2.75, 3.05) is 5.32 Å². The number of fused-ring (bicyclic) bond motifs is 1. The summed E-state index contributed by atoms with van der Waals surface area (Å²) in [5, 5.41) is 9.39. The maximum absolute atomic E-state index is 12.6. The Kier molecular flexibility index (Phi) is 5.79. The highest BCUT2D eigenvalue weighted by Gasteiger charge is 2.19. The Bertz CT molecular complexity index is 1070. The number of hydrogen-bond acceptors (Lipinski definition) is 5. The molecule has 0 saturated carbocycles. The number of primary sulfonamides is 1. The van der Waals surface area contributed by atoms with Crippen LogP contribution in [0.25, 0.3) is 10.9 Å². The Hall–Kier alpha value is -2.42. The van der Waals surface area contributed by atoms with Crippen molar-refractivity contribution in [3.63, 3.8) is 0 Å². The lowest BCUT2D eigenvalue weighted by molar-refractivity contribution is -0.115. The van der Waals surface area contributed by atoms with Gasteiger partial charge in [0.1, 0.15) is 0 Å². The average molecular weight is 402 g/mol. The minimum absolute atomic E-state index is 0.00211. The van der Waals surface area contributed by atoms with E-state index < -0.39 is 10.0 Å². The van der Waals surface area contributed by atoms with Gasteiger partial charge in [0.05, 0.1) is 20.7 Å². The minimum atomic E-state index is -3.75. The Morgan fingerprint density at radius 3 is 2.48 bits per heavy atom. The molecule has 1 heterocycles. The molecule has 0 saturated heterocycles. The second-order valence-corrected chi connectivity index (χ2v) is 8.70. The van der Waals surface area contributed by atoms with Gasteiger partial charge in [0.2, 0.25) is 15.9 Å². The molecule has 27 heavy (non-hydrogen) atoms. The lowest BCUT2D eigenvalue weighted by atomic mass is 10.2. The highest BCUT2D eigenvalue weighted by molar-refractivity contribution is 8.00. The van der Waals surface area contributed by atoms with Gasteiger partial charge in [0.25, 0.3) is 0 Å². The van der Waals surface area contributed by atoms with E-state index in [2.05, 4.69) is 10.3 Å². The summed E-state index contributed by atoms with van der Waals surface area (Å²) in [7, 11) is -3.75. The molecule has 1 aromatic heterocycles. The number of pyridine rings is 1. The first-order chi connectivity index (χ1) is 12.9. The van der Waals surface area contributed by atoms with E-state index in [-0.39, 0.29) is 16.1 Å². The van der Waals surface area contributed by atoms with Gasteiger partial charge in [0.15, 0.2) is 0 Å². The molecule has 1 unspecified atom stereocenters. The van der Waals surface area contributed by atoms with Crippen LogP contribution in [0.15, 0.2) is 70.6 Å². The van der Waals surface area contributed by atoms with E-state index in [1.54, 1.807) is 0 Å². The molecule has 0 radical (unpaired) electrons. The van der Waals surface area contributed by atoms with Crippen LogP contribution in [0.4, 0.5) is 5.69 Å². The molecule has 1 atom stereocenters. The number of rotatable bonds is 6. The third-order valence-electron chi connectivity index (χ3n) is 3.95. The topological polar surface area (TPSA) is 102 Å². The van der Waals surface area contributed by atoms with E-state index in [9.17, 15) is 13.2 Å². The zero-order valence-corrected chi connectivity index (χ0v) is 16.3. The SMILES string of the molecule is CCC(Sc1ccc2ccccc2n1)C(=O)Nc1ccc(S(N)(=O)=O)cc1. The normalized spacial score (nSPS) is 12.7. The number of carbonyl (C=O) groups is 1. The van der Waals surface area contributed by atoms with Gasteiger partial charge in [-0.3, -0.25) is 4.79 Å². The quantitative estimate of drug-likeness (QED) is 0.617. The zero-order chi connectivity index (χ0) is 19.4. The molecule has 0 spiro atoms. The number of nitrogens with two attached hydrogens (primary N) is 1. The minimum Gasteiger partial charge on any atom is -0.325 e. The number of carbonyl (C=O) groups excluding carboxylic acids is 1. The van der Waals surface area contributed by atoms with Gasteiger partial charge in [-0.15, -0.1) is 0 Å². The van der Waals surface area contributed by atoms with Gasteiger partial charge in [-0.25, -0.2) is 18.5 Å². The van der Waals surface area contributed by atoms with E-state index in [0.29, 0.717) is 12.1 Å². The molecule has 0 aliphatic heterocycles.